The van der Waals surface area contributed by atoms with Gasteiger partial charge in [0.1, 0.15) is 0 Å². The van der Waals surface area contributed by atoms with Gasteiger partial charge in [0.05, 0.1) is 14.2 Å². The minimum absolute atomic E-state index is 0.160. The molecular weight excluding hydrogens is 304 g/mol. The van der Waals surface area contributed by atoms with Crippen LogP contribution in [0.5, 0.6) is 23.0 Å². The molecule has 2 N–H and O–H groups in total. The summed E-state index contributed by atoms with van der Waals surface area (Å²) in [7, 11) is 3.08. The van der Waals surface area contributed by atoms with Crippen LogP contribution in [-0.2, 0) is 6.42 Å². The molecule has 4 nitrogen and oxygen atoms in total. The number of hydrogen-bond acceptors (Lipinski definition) is 4. The molecule has 0 fully saturated rings. The number of ether oxygens (including phenoxy) is 2. The molecule has 0 aliphatic carbocycles. The van der Waals surface area contributed by atoms with Gasteiger partial charge in [-0.3, -0.25) is 0 Å². The van der Waals surface area contributed by atoms with Crippen molar-refractivity contribution in [3.63, 3.8) is 0 Å². The van der Waals surface area contributed by atoms with Gasteiger partial charge in [-0.15, -0.1) is 0 Å². The van der Waals surface area contributed by atoms with Crippen molar-refractivity contribution in [3.05, 3.63) is 53.1 Å². The zero-order chi connectivity index (χ0) is 17.9. The molecule has 0 saturated heterocycles. The molecule has 0 aromatic heterocycles. The van der Waals surface area contributed by atoms with Crippen molar-refractivity contribution >= 4 is 5.57 Å². The van der Waals surface area contributed by atoms with Gasteiger partial charge in [0, 0.05) is 0 Å². The van der Waals surface area contributed by atoms with Gasteiger partial charge in [0.25, 0.3) is 0 Å². The molecule has 0 unspecified atom stereocenters. The predicted molar refractivity (Wildman–Crippen MR) is 96.1 cm³/mol. The fraction of sp³-hybridized carbons (Fsp3) is 0.300. The Balaban J connectivity index is 2.17. The first-order valence-corrected chi connectivity index (χ1v) is 7.79. The van der Waals surface area contributed by atoms with E-state index in [1.807, 2.05) is 32.0 Å². The summed E-state index contributed by atoms with van der Waals surface area (Å²) in [5, 5.41) is 19.8. The normalized spacial score (nSPS) is 10.5. The van der Waals surface area contributed by atoms with Crippen molar-refractivity contribution in [1.82, 2.24) is 0 Å². The smallest absolute Gasteiger partial charge is 0.161 e. The van der Waals surface area contributed by atoms with Gasteiger partial charge >= 0.3 is 0 Å². The molecule has 0 heterocycles. The van der Waals surface area contributed by atoms with E-state index in [4.69, 9.17) is 9.47 Å². The number of phenols is 2. The lowest BCUT2D eigenvalue weighted by atomic mass is 9.97. The Bertz CT molecular complexity index is 763. The number of allylic oxidation sites excluding steroid dienone is 1. The Morgan fingerprint density at radius 2 is 1.46 bits per heavy atom. The van der Waals surface area contributed by atoms with E-state index in [0.29, 0.717) is 11.5 Å². The minimum atomic E-state index is 0.160. The topological polar surface area (TPSA) is 58.9 Å². The third kappa shape index (κ3) is 3.65. The second kappa shape index (κ2) is 7.30. The van der Waals surface area contributed by atoms with Crippen molar-refractivity contribution < 1.29 is 19.7 Å². The average molecular weight is 328 g/mol. The number of hydrogen-bond donors (Lipinski definition) is 2. The first-order valence-electron chi connectivity index (χ1n) is 7.79. The molecule has 24 heavy (non-hydrogen) atoms. The Kier molecular flexibility index (Phi) is 5.39. The van der Waals surface area contributed by atoms with Crippen molar-refractivity contribution in [2.75, 3.05) is 14.2 Å². The van der Waals surface area contributed by atoms with E-state index in [2.05, 4.69) is 6.58 Å². The van der Waals surface area contributed by atoms with Crippen LogP contribution in [0.4, 0.5) is 0 Å². The highest BCUT2D eigenvalue weighted by molar-refractivity contribution is 5.68. The quantitative estimate of drug-likeness (QED) is 0.826. The van der Waals surface area contributed by atoms with Gasteiger partial charge in [-0.25, -0.2) is 0 Å². The summed E-state index contributed by atoms with van der Waals surface area (Å²) < 4.78 is 10.4. The molecule has 0 amide bonds. The first-order chi connectivity index (χ1) is 11.4. The third-order valence-electron chi connectivity index (χ3n) is 4.15. The summed E-state index contributed by atoms with van der Waals surface area (Å²) in [6.45, 7) is 7.84. The highest BCUT2D eigenvalue weighted by atomic mass is 16.5. The molecule has 0 aliphatic rings. The van der Waals surface area contributed by atoms with Crippen LogP contribution in [0, 0.1) is 13.8 Å². The van der Waals surface area contributed by atoms with Crippen LogP contribution in [0.2, 0.25) is 0 Å². The van der Waals surface area contributed by atoms with E-state index in [-0.39, 0.29) is 11.5 Å². The van der Waals surface area contributed by atoms with Crippen LogP contribution >= 0.6 is 0 Å². The summed E-state index contributed by atoms with van der Waals surface area (Å²) in [5.74, 6) is 1.28. The van der Waals surface area contributed by atoms with Crippen LogP contribution < -0.4 is 9.47 Å². The lowest BCUT2D eigenvalue weighted by Gasteiger charge is -2.13. The maximum absolute atomic E-state index is 9.93. The maximum Gasteiger partial charge on any atom is 0.161 e. The number of rotatable bonds is 6. The minimum Gasteiger partial charge on any atom is -0.504 e. The highest BCUT2D eigenvalue weighted by Crippen LogP contribution is 2.35. The van der Waals surface area contributed by atoms with Crippen LogP contribution in [0.1, 0.15) is 28.7 Å². The second-order valence-corrected chi connectivity index (χ2v) is 5.91. The van der Waals surface area contributed by atoms with Crippen molar-refractivity contribution in [1.29, 1.82) is 0 Å². The van der Waals surface area contributed by atoms with E-state index in [1.165, 1.54) is 7.11 Å². The summed E-state index contributed by atoms with van der Waals surface area (Å²) in [5.41, 5.74) is 4.53. The molecule has 2 aromatic carbocycles. The van der Waals surface area contributed by atoms with Crippen molar-refractivity contribution in [2.45, 2.75) is 26.7 Å². The van der Waals surface area contributed by atoms with Crippen LogP contribution in [-0.4, -0.2) is 24.4 Å². The Labute approximate surface area is 143 Å². The lowest BCUT2D eigenvalue weighted by molar-refractivity contribution is 0.371. The standard InChI is InChI=1S/C20H24O4/c1-12(16-9-14(3)20(22)18(11-16)24-5)6-7-15-8-13(2)19(21)17(10-15)23-4/h8-11,21-22H,1,6-7H2,2-5H3. The maximum atomic E-state index is 9.93. The fourth-order valence-corrected chi connectivity index (χ4v) is 2.67. The molecular formula is C20H24O4. The molecule has 0 saturated carbocycles. The lowest BCUT2D eigenvalue weighted by Crippen LogP contribution is -1.94. The second-order valence-electron chi connectivity index (χ2n) is 5.91. The van der Waals surface area contributed by atoms with E-state index in [0.717, 1.165) is 40.7 Å². The van der Waals surface area contributed by atoms with Gasteiger partial charge in [-0.05, 0) is 72.7 Å². The van der Waals surface area contributed by atoms with Crippen LogP contribution in [0.3, 0.4) is 0 Å². The summed E-state index contributed by atoms with van der Waals surface area (Å²) in [6, 6.07) is 7.50. The van der Waals surface area contributed by atoms with E-state index in [9.17, 15) is 10.2 Å². The third-order valence-corrected chi connectivity index (χ3v) is 4.15. The fourth-order valence-electron chi connectivity index (χ4n) is 2.67. The van der Waals surface area contributed by atoms with Gasteiger partial charge in [0.2, 0.25) is 0 Å². The van der Waals surface area contributed by atoms with Gasteiger partial charge in [-0.2, -0.15) is 0 Å². The molecule has 0 spiro atoms. The van der Waals surface area contributed by atoms with E-state index < -0.39 is 0 Å². The average Bonchev–Trinajstić information content (AvgIpc) is 2.57. The Hall–Kier alpha value is -2.62. The number of benzene rings is 2. The number of aromatic hydroxyl groups is 2. The monoisotopic (exact) mass is 328 g/mol. The van der Waals surface area contributed by atoms with Gasteiger partial charge in [-0.1, -0.05) is 12.6 Å². The summed E-state index contributed by atoms with van der Waals surface area (Å²) in [6.07, 6.45) is 1.53. The molecule has 4 heteroatoms. The molecule has 0 bridgehead atoms. The molecule has 0 aliphatic heterocycles. The number of aryl methyl sites for hydroxylation is 3. The first kappa shape index (κ1) is 17.7. The molecule has 0 atom stereocenters. The van der Waals surface area contributed by atoms with Gasteiger partial charge < -0.3 is 19.7 Å². The largest absolute Gasteiger partial charge is 0.504 e. The highest BCUT2D eigenvalue weighted by Gasteiger charge is 2.11. The van der Waals surface area contributed by atoms with Crippen molar-refractivity contribution in [3.8, 4) is 23.0 Å². The molecule has 128 valence electrons. The van der Waals surface area contributed by atoms with Crippen LogP contribution in [0.15, 0.2) is 30.8 Å². The summed E-state index contributed by atoms with van der Waals surface area (Å²) in [4.78, 5) is 0. The SMILES string of the molecule is C=C(CCc1cc(C)c(O)c(OC)c1)c1cc(C)c(O)c(OC)c1. The molecule has 2 aromatic rings. The Morgan fingerprint density at radius 3 is 2.04 bits per heavy atom. The summed E-state index contributed by atoms with van der Waals surface area (Å²) >= 11 is 0. The van der Waals surface area contributed by atoms with Gasteiger partial charge in [0.15, 0.2) is 23.0 Å². The number of methoxy groups -OCH3 is 2. The molecule has 2 rings (SSSR count). The van der Waals surface area contributed by atoms with Crippen molar-refractivity contribution in [2.24, 2.45) is 0 Å². The predicted octanol–water partition coefficient (Wildman–Crippen LogP) is 4.38. The zero-order valence-corrected chi connectivity index (χ0v) is 14.6. The molecule has 0 radical (unpaired) electrons. The zero-order valence-electron chi connectivity index (χ0n) is 14.6. The van der Waals surface area contributed by atoms with E-state index in [1.54, 1.807) is 13.2 Å². The Morgan fingerprint density at radius 1 is 0.917 bits per heavy atom. The van der Waals surface area contributed by atoms with E-state index >= 15 is 0 Å². The number of phenolic OH excluding ortho intramolecular Hbond substituents is 2. The van der Waals surface area contributed by atoms with Crippen LogP contribution in [0.25, 0.3) is 5.57 Å².